The zero-order valence-corrected chi connectivity index (χ0v) is 15.0. The van der Waals surface area contributed by atoms with Gasteiger partial charge in [-0.3, -0.25) is 0 Å². The lowest BCUT2D eigenvalue weighted by atomic mass is 10.00. The molecule has 0 saturated heterocycles. The van der Waals surface area contributed by atoms with Gasteiger partial charge >= 0.3 is 5.30 Å². The molecule has 0 saturated carbocycles. The van der Waals surface area contributed by atoms with Crippen LogP contribution in [0.2, 0.25) is 5.02 Å². The number of benzene rings is 2. The van der Waals surface area contributed by atoms with E-state index in [1.165, 1.54) is 0 Å². The van der Waals surface area contributed by atoms with E-state index in [1.54, 1.807) is 0 Å². The Kier molecular flexibility index (Phi) is 5.55. The topological polar surface area (TPSA) is 26.3 Å². The Bertz CT molecular complexity index is 715. The van der Waals surface area contributed by atoms with Crippen molar-refractivity contribution in [3.05, 3.63) is 71.3 Å². The van der Waals surface area contributed by atoms with Crippen LogP contribution in [0.4, 0.5) is 4.79 Å². The lowest BCUT2D eigenvalue weighted by molar-refractivity contribution is 0.0738. The Hall–Kier alpha value is -1.71. The third-order valence-corrected chi connectivity index (χ3v) is 4.07. The van der Waals surface area contributed by atoms with Crippen molar-refractivity contribution in [1.29, 1.82) is 0 Å². The Labute approximate surface area is 146 Å². The van der Waals surface area contributed by atoms with E-state index in [0.717, 1.165) is 33.4 Å². The summed E-state index contributed by atoms with van der Waals surface area (Å²) in [6.45, 7) is 9.71. The largest absolute Gasteiger partial charge is 0.452 e. The predicted molar refractivity (Wildman–Crippen MR) is 98.1 cm³/mol. The minimum Gasteiger partial charge on any atom is -0.452 e. The molecule has 0 amide bonds. The summed E-state index contributed by atoms with van der Waals surface area (Å²) in [6, 6.07) is 15.1. The molecule has 0 aliphatic heterocycles. The second-order valence-corrected chi connectivity index (χ2v) is 7.46. The molecule has 0 fully saturated rings. The third-order valence-electron chi connectivity index (χ3n) is 2.99. The maximum absolute atomic E-state index is 12.1. The first-order valence-electron chi connectivity index (χ1n) is 7.21. The van der Waals surface area contributed by atoms with Crippen molar-refractivity contribution >= 4 is 34.2 Å². The van der Waals surface area contributed by atoms with Crippen molar-refractivity contribution in [3.8, 4) is 0 Å². The minimum absolute atomic E-state index is 0.325. The minimum atomic E-state index is -0.508. The summed E-state index contributed by atoms with van der Waals surface area (Å²) in [4.78, 5) is 12.9. The Morgan fingerprint density at radius 2 is 1.70 bits per heavy atom. The number of hydrogen-bond acceptors (Lipinski definition) is 3. The maximum Gasteiger partial charge on any atom is 0.372 e. The first-order chi connectivity index (χ1) is 10.8. The molecule has 0 unspecified atom stereocenters. The van der Waals surface area contributed by atoms with E-state index in [0.29, 0.717) is 5.02 Å². The second-order valence-electron chi connectivity index (χ2n) is 6.05. The molecule has 2 nitrogen and oxygen atoms in total. The fraction of sp³-hybridized carbons (Fsp3) is 0.211. The molecule has 0 spiro atoms. The van der Waals surface area contributed by atoms with Crippen LogP contribution < -0.4 is 0 Å². The van der Waals surface area contributed by atoms with E-state index in [1.807, 2.05) is 69.3 Å². The molecule has 2 aromatic rings. The number of ether oxygens (including phenoxy) is 1. The van der Waals surface area contributed by atoms with Crippen LogP contribution in [0.5, 0.6) is 0 Å². The van der Waals surface area contributed by atoms with E-state index >= 15 is 0 Å². The SMILES string of the molecule is C=C(c1ccc(Cl)cc1)c1ccccc1SC(=O)OC(C)(C)C. The van der Waals surface area contributed by atoms with Gasteiger partial charge in [0.25, 0.3) is 0 Å². The van der Waals surface area contributed by atoms with Crippen molar-refractivity contribution in [2.45, 2.75) is 31.3 Å². The van der Waals surface area contributed by atoms with Crippen LogP contribution in [-0.4, -0.2) is 10.9 Å². The number of hydrogen-bond donors (Lipinski definition) is 0. The van der Waals surface area contributed by atoms with Crippen LogP contribution in [0.3, 0.4) is 0 Å². The molecular formula is C19H19ClO2S. The zero-order chi connectivity index (χ0) is 17.0. The molecular weight excluding hydrogens is 328 g/mol. The molecule has 0 atom stereocenters. The number of carbonyl (C=O) groups is 1. The molecule has 0 aliphatic carbocycles. The van der Waals surface area contributed by atoms with Gasteiger partial charge in [0, 0.05) is 9.92 Å². The second kappa shape index (κ2) is 7.24. The highest BCUT2D eigenvalue weighted by atomic mass is 35.5. The van der Waals surface area contributed by atoms with E-state index in [9.17, 15) is 4.79 Å². The fourth-order valence-corrected chi connectivity index (χ4v) is 3.02. The normalized spacial score (nSPS) is 11.1. The van der Waals surface area contributed by atoms with Crippen molar-refractivity contribution in [2.75, 3.05) is 0 Å². The van der Waals surface area contributed by atoms with Crippen LogP contribution >= 0.6 is 23.4 Å². The Balaban J connectivity index is 2.25. The molecule has 120 valence electrons. The average Bonchev–Trinajstić information content (AvgIpc) is 2.46. The summed E-state index contributed by atoms with van der Waals surface area (Å²) in [7, 11) is 0. The third kappa shape index (κ3) is 5.15. The summed E-state index contributed by atoms with van der Waals surface area (Å²) in [5.41, 5.74) is 2.21. The van der Waals surface area contributed by atoms with Crippen LogP contribution in [0.15, 0.2) is 60.0 Å². The summed E-state index contributed by atoms with van der Waals surface area (Å²) in [6.07, 6.45) is 0. The molecule has 0 heterocycles. The van der Waals surface area contributed by atoms with Gasteiger partial charge in [0.05, 0.1) is 0 Å². The first kappa shape index (κ1) is 17.6. The lowest BCUT2D eigenvalue weighted by Crippen LogP contribution is -2.21. The van der Waals surface area contributed by atoms with Crippen LogP contribution in [0.25, 0.3) is 5.57 Å². The molecule has 2 aromatic carbocycles. The fourth-order valence-electron chi connectivity index (χ4n) is 1.97. The van der Waals surface area contributed by atoms with Crippen LogP contribution in [0, 0.1) is 0 Å². The molecule has 2 rings (SSSR count). The summed E-state index contributed by atoms with van der Waals surface area (Å²) < 4.78 is 5.37. The molecule has 0 N–H and O–H groups in total. The predicted octanol–water partition coefficient (Wildman–Crippen LogP) is 6.43. The molecule has 0 aromatic heterocycles. The van der Waals surface area contributed by atoms with E-state index in [-0.39, 0.29) is 5.30 Å². The summed E-state index contributed by atoms with van der Waals surface area (Å²) in [5.74, 6) is 0. The van der Waals surface area contributed by atoms with E-state index in [4.69, 9.17) is 16.3 Å². The number of rotatable bonds is 3. The van der Waals surface area contributed by atoms with Crippen LogP contribution in [0.1, 0.15) is 31.9 Å². The number of halogens is 1. The molecule has 0 aliphatic rings. The highest BCUT2D eigenvalue weighted by molar-refractivity contribution is 8.13. The van der Waals surface area contributed by atoms with Gasteiger partial charge in [-0.25, -0.2) is 4.79 Å². The van der Waals surface area contributed by atoms with Gasteiger partial charge in [0.2, 0.25) is 0 Å². The van der Waals surface area contributed by atoms with Crippen molar-refractivity contribution in [1.82, 2.24) is 0 Å². The molecule has 4 heteroatoms. The molecule has 0 radical (unpaired) electrons. The number of carbonyl (C=O) groups excluding carboxylic acids is 1. The van der Waals surface area contributed by atoms with Gasteiger partial charge in [0.1, 0.15) is 5.60 Å². The average molecular weight is 347 g/mol. The lowest BCUT2D eigenvalue weighted by Gasteiger charge is -2.19. The van der Waals surface area contributed by atoms with Gasteiger partial charge in [-0.2, -0.15) is 0 Å². The van der Waals surface area contributed by atoms with E-state index < -0.39 is 5.60 Å². The molecule has 0 bridgehead atoms. The van der Waals surface area contributed by atoms with E-state index in [2.05, 4.69) is 6.58 Å². The Morgan fingerprint density at radius 3 is 2.30 bits per heavy atom. The highest BCUT2D eigenvalue weighted by Gasteiger charge is 2.19. The Morgan fingerprint density at radius 1 is 1.09 bits per heavy atom. The van der Waals surface area contributed by atoms with Crippen molar-refractivity contribution in [3.63, 3.8) is 0 Å². The van der Waals surface area contributed by atoms with Gasteiger partial charge in [-0.05, 0) is 67.4 Å². The first-order valence-corrected chi connectivity index (χ1v) is 8.41. The van der Waals surface area contributed by atoms with Gasteiger partial charge in [-0.1, -0.05) is 48.5 Å². The monoisotopic (exact) mass is 346 g/mol. The molecule has 23 heavy (non-hydrogen) atoms. The highest BCUT2D eigenvalue weighted by Crippen LogP contribution is 2.33. The van der Waals surface area contributed by atoms with Gasteiger partial charge in [-0.15, -0.1) is 0 Å². The van der Waals surface area contributed by atoms with Crippen LogP contribution in [-0.2, 0) is 4.74 Å². The summed E-state index contributed by atoms with van der Waals surface area (Å²) >= 11 is 7.00. The maximum atomic E-state index is 12.1. The smallest absolute Gasteiger partial charge is 0.372 e. The quantitative estimate of drug-likeness (QED) is 0.473. The number of thioether (sulfide) groups is 1. The summed E-state index contributed by atoms with van der Waals surface area (Å²) in [5, 5.41) is 0.354. The zero-order valence-electron chi connectivity index (χ0n) is 13.4. The van der Waals surface area contributed by atoms with Gasteiger partial charge in [0.15, 0.2) is 0 Å². The standard InChI is InChI=1S/C19H19ClO2S/c1-13(14-9-11-15(20)12-10-14)16-7-5-6-8-17(16)23-18(21)22-19(2,3)4/h5-12H,1H2,2-4H3. The van der Waals surface area contributed by atoms with Crippen molar-refractivity contribution in [2.24, 2.45) is 0 Å². The van der Waals surface area contributed by atoms with Gasteiger partial charge < -0.3 is 4.74 Å². The van der Waals surface area contributed by atoms with Crippen molar-refractivity contribution < 1.29 is 9.53 Å².